The van der Waals surface area contributed by atoms with Crippen LogP contribution in [0.2, 0.25) is 0 Å². The summed E-state index contributed by atoms with van der Waals surface area (Å²) in [6.07, 6.45) is -4.42. The number of halogens is 3. The van der Waals surface area contributed by atoms with E-state index in [4.69, 9.17) is 5.41 Å². The molecule has 0 heterocycles. The molecule has 2 nitrogen and oxygen atoms in total. The van der Waals surface area contributed by atoms with E-state index in [1.165, 1.54) is 6.07 Å². The Morgan fingerprint density at radius 2 is 1.76 bits per heavy atom. The fourth-order valence-corrected chi connectivity index (χ4v) is 2.03. The average Bonchev–Trinajstić information content (AvgIpc) is 2.47. The molecule has 21 heavy (non-hydrogen) atoms. The molecule has 0 fully saturated rings. The van der Waals surface area contributed by atoms with Crippen LogP contribution in [-0.2, 0) is 6.18 Å². The summed E-state index contributed by atoms with van der Waals surface area (Å²) in [6, 6.07) is 12.1. The molecule has 5 heteroatoms. The molecule has 2 rings (SSSR count). The Balaban J connectivity index is 2.51. The molecular formula is C16H15F3N2. The van der Waals surface area contributed by atoms with Crippen molar-refractivity contribution < 1.29 is 13.2 Å². The lowest BCUT2D eigenvalue weighted by molar-refractivity contribution is -0.137. The maximum atomic E-state index is 12.9. The molecule has 0 saturated carbocycles. The van der Waals surface area contributed by atoms with Crippen LogP contribution in [0, 0.1) is 5.41 Å². The van der Waals surface area contributed by atoms with Crippen molar-refractivity contribution in [2.24, 2.45) is 0 Å². The van der Waals surface area contributed by atoms with E-state index in [0.717, 1.165) is 12.1 Å². The molecule has 0 aliphatic heterocycles. The predicted octanol–water partition coefficient (Wildman–Crippen LogP) is 4.55. The monoisotopic (exact) mass is 292 g/mol. The summed E-state index contributed by atoms with van der Waals surface area (Å²) in [6.45, 7) is 2.42. The molecule has 0 aliphatic carbocycles. The van der Waals surface area contributed by atoms with Crippen molar-refractivity contribution >= 4 is 11.4 Å². The second kappa shape index (κ2) is 5.99. The molecule has 0 atom stereocenters. The van der Waals surface area contributed by atoms with Crippen LogP contribution in [0.3, 0.4) is 0 Å². The molecule has 0 amide bonds. The highest BCUT2D eigenvalue weighted by atomic mass is 19.4. The molecule has 110 valence electrons. The Bertz CT molecular complexity index is 634. The quantitative estimate of drug-likeness (QED) is 0.797. The van der Waals surface area contributed by atoms with E-state index in [1.54, 1.807) is 30.3 Å². The normalized spacial score (nSPS) is 11.2. The van der Waals surface area contributed by atoms with Gasteiger partial charge in [0, 0.05) is 23.4 Å². The van der Waals surface area contributed by atoms with Gasteiger partial charge >= 0.3 is 6.18 Å². The number of hydrogen-bond donors (Lipinski definition) is 2. The smallest absolute Gasteiger partial charge is 0.385 e. The van der Waals surface area contributed by atoms with Gasteiger partial charge in [-0.15, -0.1) is 0 Å². The first-order valence-electron chi connectivity index (χ1n) is 6.53. The summed E-state index contributed by atoms with van der Waals surface area (Å²) in [7, 11) is 0. The lowest BCUT2D eigenvalue weighted by Gasteiger charge is -2.15. The highest BCUT2D eigenvalue weighted by Crippen LogP contribution is 2.32. The number of nitrogens with one attached hydrogen (secondary N) is 2. The van der Waals surface area contributed by atoms with Crippen LogP contribution in [0.4, 0.5) is 18.9 Å². The van der Waals surface area contributed by atoms with Crippen molar-refractivity contribution in [1.29, 1.82) is 5.41 Å². The van der Waals surface area contributed by atoms with Gasteiger partial charge in [-0.25, -0.2) is 0 Å². The first kappa shape index (κ1) is 15.1. The Kier molecular flexibility index (Phi) is 4.31. The standard InChI is InChI=1S/C16H15F3N2/c1-2-21-14-9-8-12(16(17,18)19)10-13(14)15(20)11-6-4-3-5-7-11/h3-10,20-21H,2H2,1H3. The third-order valence-corrected chi connectivity index (χ3v) is 3.05. The first-order chi connectivity index (χ1) is 9.93. The zero-order valence-corrected chi connectivity index (χ0v) is 11.5. The lowest BCUT2D eigenvalue weighted by atomic mass is 9.98. The summed E-state index contributed by atoms with van der Waals surface area (Å²) in [5.74, 6) is 0. The molecule has 0 aromatic heterocycles. The minimum absolute atomic E-state index is 0.0673. The van der Waals surface area contributed by atoms with Gasteiger partial charge in [0.1, 0.15) is 0 Å². The van der Waals surface area contributed by atoms with Crippen LogP contribution in [0.25, 0.3) is 0 Å². The van der Waals surface area contributed by atoms with E-state index in [9.17, 15) is 13.2 Å². The minimum Gasteiger partial charge on any atom is -0.385 e. The Morgan fingerprint density at radius 3 is 2.33 bits per heavy atom. The van der Waals surface area contributed by atoms with E-state index in [2.05, 4.69) is 5.32 Å². The molecule has 0 aliphatic rings. The topological polar surface area (TPSA) is 35.9 Å². The molecule has 0 saturated heterocycles. The van der Waals surface area contributed by atoms with E-state index in [0.29, 0.717) is 17.8 Å². The molecule has 2 aromatic rings. The largest absolute Gasteiger partial charge is 0.416 e. The third-order valence-electron chi connectivity index (χ3n) is 3.05. The summed E-state index contributed by atoms with van der Waals surface area (Å²) in [4.78, 5) is 0. The SMILES string of the molecule is CCNc1ccc(C(F)(F)F)cc1C(=N)c1ccccc1. The summed E-state index contributed by atoms with van der Waals surface area (Å²) < 4.78 is 38.6. The van der Waals surface area contributed by atoms with Crippen LogP contribution in [0.15, 0.2) is 48.5 Å². The van der Waals surface area contributed by atoms with Crippen LogP contribution >= 0.6 is 0 Å². The van der Waals surface area contributed by atoms with Crippen molar-refractivity contribution in [2.45, 2.75) is 13.1 Å². The highest BCUT2D eigenvalue weighted by Gasteiger charge is 2.31. The lowest BCUT2D eigenvalue weighted by Crippen LogP contribution is -2.12. The summed E-state index contributed by atoms with van der Waals surface area (Å²) in [5, 5.41) is 11.2. The van der Waals surface area contributed by atoms with E-state index >= 15 is 0 Å². The third kappa shape index (κ3) is 3.42. The molecule has 2 aromatic carbocycles. The zero-order valence-electron chi connectivity index (χ0n) is 11.5. The van der Waals surface area contributed by atoms with Crippen molar-refractivity contribution in [1.82, 2.24) is 0 Å². The molecule has 2 N–H and O–H groups in total. The van der Waals surface area contributed by atoms with Crippen molar-refractivity contribution in [3.05, 3.63) is 65.2 Å². The van der Waals surface area contributed by atoms with Gasteiger partial charge in [0.15, 0.2) is 0 Å². The zero-order chi connectivity index (χ0) is 15.5. The molecule has 0 radical (unpaired) electrons. The van der Waals surface area contributed by atoms with Crippen LogP contribution in [0.5, 0.6) is 0 Å². The van der Waals surface area contributed by atoms with Crippen LogP contribution < -0.4 is 5.32 Å². The van der Waals surface area contributed by atoms with Gasteiger partial charge in [0.25, 0.3) is 0 Å². The van der Waals surface area contributed by atoms with E-state index in [1.807, 2.05) is 6.92 Å². The average molecular weight is 292 g/mol. The highest BCUT2D eigenvalue weighted by molar-refractivity contribution is 6.14. The van der Waals surface area contributed by atoms with Gasteiger partial charge in [-0.05, 0) is 25.1 Å². The molecule has 0 spiro atoms. The molecule has 0 unspecified atom stereocenters. The minimum atomic E-state index is -4.42. The molecular weight excluding hydrogens is 277 g/mol. The Morgan fingerprint density at radius 1 is 1.10 bits per heavy atom. The number of anilines is 1. The molecule has 0 bridgehead atoms. The van der Waals surface area contributed by atoms with Gasteiger partial charge in [-0.3, -0.25) is 5.41 Å². The van der Waals surface area contributed by atoms with Crippen molar-refractivity contribution in [2.75, 3.05) is 11.9 Å². The summed E-state index contributed by atoms with van der Waals surface area (Å²) >= 11 is 0. The number of rotatable bonds is 4. The van der Waals surface area contributed by atoms with Gasteiger partial charge in [-0.1, -0.05) is 30.3 Å². The van der Waals surface area contributed by atoms with Crippen molar-refractivity contribution in [3.63, 3.8) is 0 Å². The summed E-state index contributed by atoms with van der Waals surface area (Å²) in [5.41, 5.74) is 0.672. The maximum Gasteiger partial charge on any atom is 0.416 e. The fourth-order valence-electron chi connectivity index (χ4n) is 2.03. The van der Waals surface area contributed by atoms with Gasteiger partial charge in [0.05, 0.1) is 11.3 Å². The Hall–Kier alpha value is -2.30. The number of benzene rings is 2. The second-order valence-corrected chi connectivity index (χ2v) is 4.53. The maximum absolute atomic E-state index is 12.9. The fraction of sp³-hybridized carbons (Fsp3) is 0.188. The van der Waals surface area contributed by atoms with Gasteiger partial charge in [0.2, 0.25) is 0 Å². The van der Waals surface area contributed by atoms with E-state index in [-0.39, 0.29) is 11.3 Å². The first-order valence-corrected chi connectivity index (χ1v) is 6.53. The number of alkyl halides is 3. The van der Waals surface area contributed by atoms with E-state index < -0.39 is 11.7 Å². The van der Waals surface area contributed by atoms with Crippen molar-refractivity contribution in [3.8, 4) is 0 Å². The van der Waals surface area contributed by atoms with Crippen LogP contribution in [-0.4, -0.2) is 12.3 Å². The second-order valence-electron chi connectivity index (χ2n) is 4.53. The van der Waals surface area contributed by atoms with Gasteiger partial charge in [-0.2, -0.15) is 13.2 Å². The Labute approximate surface area is 121 Å². The predicted molar refractivity (Wildman–Crippen MR) is 78.0 cm³/mol. The number of hydrogen-bond acceptors (Lipinski definition) is 2. The van der Waals surface area contributed by atoms with Crippen LogP contribution in [0.1, 0.15) is 23.6 Å². The van der Waals surface area contributed by atoms with Gasteiger partial charge < -0.3 is 5.32 Å².